The Kier molecular flexibility index (Phi) is 9.48. The molecule has 0 heterocycles. The molecule has 2 saturated carbocycles. The third kappa shape index (κ3) is 6.12. The van der Waals surface area contributed by atoms with Crippen molar-refractivity contribution in [1.29, 1.82) is 0 Å². The van der Waals surface area contributed by atoms with Gasteiger partial charge in [-0.2, -0.15) is 8.42 Å². The number of esters is 1. The van der Waals surface area contributed by atoms with Crippen LogP contribution in [0.4, 0.5) is 0 Å². The van der Waals surface area contributed by atoms with Gasteiger partial charge in [-0.15, -0.1) is 0 Å². The largest absolute Gasteiger partial charge is 0.458 e. The first kappa shape index (κ1) is 33.5. The van der Waals surface area contributed by atoms with Crippen LogP contribution in [0, 0.1) is 28.6 Å². The second kappa shape index (κ2) is 12.2. The third-order valence-corrected chi connectivity index (χ3v) is 11.9. The lowest BCUT2D eigenvalue weighted by Gasteiger charge is -2.59. The van der Waals surface area contributed by atoms with E-state index in [0.29, 0.717) is 44.9 Å². The number of ketones is 2. The Morgan fingerprint density at radius 1 is 1.12 bits per heavy atom. The standard InChI is InChI=1S/C31H45NO10S/c1-19-15-21-22-12-14-31(38,30(22,3)17-24(34)28(21)29(2)13-11-20(33)16-23(19)29)25(35)18-42-27(37)10-8-6-5-7-9-26(36)32(4)43(39,40)41/h11,13,21-22,24,28,34,38H,5-10,12,14-18H2,1-4H3,(H,39,40,41)/t21-,22-,24-,28+,29-,30-,31-/m0/s1. The average molecular weight is 624 g/mol. The van der Waals surface area contributed by atoms with E-state index in [2.05, 4.69) is 6.92 Å². The van der Waals surface area contributed by atoms with Gasteiger partial charge in [0.25, 0.3) is 0 Å². The second-order valence-corrected chi connectivity index (χ2v) is 14.9. The van der Waals surface area contributed by atoms with Gasteiger partial charge in [0, 0.05) is 43.1 Å². The number of amides is 1. The summed E-state index contributed by atoms with van der Waals surface area (Å²) in [7, 11) is -3.58. The van der Waals surface area contributed by atoms with Gasteiger partial charge in [-0.25, -0.2) is 4.31 Å². The number of fused-ring (bicyclic) bond motifs is 5. The van der Waals surface area contributed by atoms with Crippen molar-refractivity contribution in [3.05, 3.63) is 23.3 Å². The maximum Gasteiger partial charge on any atom is 0.361 e. The topological polar surface area (TPSA) is 176 Å². The number of Topliss-reactive ketones (excluding diaryl/α,β-unsaturated/α-hetero) is 1. The highest BCUT2D eigenvalue weighted by Crippen LogP contribution is 2.67. The number of carbonyl (C=O) groups excluding carboxylic acids is 4. The second-order valence-electron chi connectivity index (χ2n) is 13.4. The minimum atomic E-state index is -4.56. The fraction of sp³-hybridized carbons (Fsp3) is 0.742. The molecule has 1 amide bonds. The Balaban J connectivity index is 1.30. The lowest BCUT2D eigenvalue weighted by molar-refractivity contribution is -0.180. The van der Waals surface area contributed by atoms with Gasteiger partial charge in [-0.1, -0.05) is 43.9 Å². The van der Waals surface area contributed by atoms with Crippen LogP contribution in [0.15, 0.2) is 23.3 Å². The predicted octanol–water partition coefficient (Wildman–Crippen LogP) is 3.10. The molecule has 43 heavy (non-hydrogen) atoms. The molecule has 4 aliphatic rings. The third-order valence-electron chi connectivity index (χ3n) is 11.0. The molecule has 0 aliphatic heterocycles. The van der Waals surface area contributed by atoms with Gasteiger partial charge in [0.15, 0.2) is 12.4 Å². The Bertz CT molecular complexity index is 1340. The highest BCUT2D eigenvalue weighted by molar-refractivity contribution is 7.83. The van der Waals surface area contributed by atoms with Crippen LogP contribution in [0.5, 0.6) is 0 Å². The Morgan fingerprint density at radius 3 is 2.42 bits per heavy atom. The van der Waals surface area contributed by atoms with Crippen molar-refractivity contribution < 1.29 is 47.1 Å². The van der Waals surface area contributed by atoms with E-state index in [1.807, 2.05) is 19.9 Å². The van der Waals surface area contributed by atoms with Crippen LogP contribution in [0.1, 0.15) is 91.4 Å². The fourth-order valence-corrected chi connectivity index (χ4v) is 9.01. The number of ether oxygens (including phenoxy) is 1. The number of hydrogen-bond donors (Lipinski definition) is 3. The lowest BCUT2D eigenvalue weighted by Crippen LogP contribution is -2.61. The van der Waals surface area contributed by atoms with Crippen molar-refractivity contribution in [2.75, 3.05) is 13.7 Å². The van der Waals surface area contributed by atoms with Crippen molar-refractivity contribution in [3.8, 4) is 0 Å². The van der Waals surface area contributed by atoms with E-state index in [0.717, 1.165) is 18.2 Å². The predicted molar refractivity (Wildman–Crippen MR) is 156 cm³/mol. The Morgan fingerprint density at radius 2 is 1.77 bits per heavy atom. The number of rotatable bonds is 11. The van der Waals surface area contributed by atoms with E-state index < -0.39 is 57.1 Å². The van der Waals surface area contributed by atoms with Gasteiger partial charge in [0.2, 0.25) is 11.7 Å². The summed E-state index contributed by atoms with van der Waals surface area (Å²) in [4.78, 5) is 49.7. The van der Waals surface area contributed by atoms with E-state index >= 15 is 0 Å². The fourth-order valence-electron chi connectivity index (χ4n) is 8.66. The first-order valence-electron chi connectivity index (χ1n) is 15.2. The number of aliphatic hydroxyl groups excluding tert-OH is 1. The molecular formula is C31H45NO10S. The summed E-state index contributed by atoms with van der Waals surface area (Å²) >= 11 is 0. The van der Waals surface area contributed by atoms with Crippen LogP contribution < -0.4 is 0 Å². The minimum absolute atomic E-state index is 0.0194. The molecule has 0 bridgehead atoms. The summed E-state index contributed by atoms with van der Waals surface area (Å²) in [6.07, 6.45) is 6.89. The zero-order valence-corrected chi connectivity index (χ0v) is 26.3. The zero-order chi connectivity index (χ0) is 32.0. The molecule has 2 fully saturated rings. The van der Waals surface area contributed by atoms with E-state index in [-0.39, 0.29) is 53.5 Å². The minimum Gasteiger partial charge on any atom is -0.458 e. The molecule has 3 N–H and O–H groups in total. The molecule has 0 aromatic carbocycles. The summed E-state index contributed by atoms with van der Waals surface area (Å²) in [6, 6.07) is 0. The van der Waals surface area contributed by atoms with Crippen molar-refractivity contribution in [3.63, 3.8) is 0 Å². The molecule has 4 rings (SSSR count). The van der Waals surface area contributed by atoms with Gasteiger partial charge in [0.1, 0.15) is 5.60 Å². The number of aliphatic hydroxyl groups is 2. The zero-order valence-electron chi connectivity index (χ0n) is 25.5. The van der Waals surface area contributed by atoms with Crippen molar-refractivity contribution in [2.24, 2.45) is 28.6 Å². The number of carbonyl (C=O) groups is 4. The van der Waals surface area contributed by atoms with Gasteiger partial charge in [-0.05, 0) is 63.4 Å². The number of allylic oxidation sites excluding steroid dienone is 4. The lowest BCUT2D eigenvalue weighted by atomic mass is 9.46. The number of unbranched alkanes of at least 4 members (excludes halogenated alkanes) is 3. The van der Waals surface area contributed by atoms with Crippen molar-refractivity contribution >= 4 is 33.7 Å². The van der Waals surface area contributed by atoms with Crippen LogP contribution in [0.2, 0.25) is 0 Å². The Labute approximate surface area is 253 Å². The number of nitrogens with zero attached hydrogens (tertiary/aromatic N) is 1. The van der Waals surface area contributed by atoms with Gasteiger partial charge in [-0.3, -0.25) is 23.7 Å². The average Bonchev–Trinajstić information content (AvgIpc) is 3.19. The van der Waals surface area contributed by atoms with Crippen LogP contribution in [0.3, 0.4) is 0 Å². The molecule has 4 aliphatic carbocycles. The Hall–Kier alpha value is -2.41. The molecule has 0 spiro atoms. The monoisotopic (exact) mass is 623 g/mol. The van der Waals surface area contributed by atoms with Gasteiger partial charge >= 0.3 is 16.3 Å². The maximum atomic E-state index is 13.4. The number of hydrogen-bond acceptors (Lipinski definition) is 9. The molecule has 0 aromatic rings. The summed E-state index contributed by atoms with van der Waals surface area (Å²) in [5.41, 5.74) is -0.847. The summed E-state index contributed by atoms with van der Waals surface area (Å²) in [5.74, 6) is -1.90. The first-order chi connectivity index (χ1) is 20.0. The van der Waals surface area contributed by atoms with E-state index in [1.165, 1.54) is 0 Å². The van der Waals surface area contributed by atoms with E-state index in [1.54, 1.807) is 6.08 Å². The van der Waals surface area contributed by atoms with Gasteiger partial charge in [0.05, 0.1) is 6.10 Å². The molecular weight excluding hydrogens is 578 g/mol. The smallest absolute Gasteiger partial charge is 0.361 e. The van der Waals surface area contributed by atoms with E-state index in [4.69, 9.17) is 9.29 Å². The SMILES string of the molecule is CC1=C2CC(=O)C=C[C@]2(C)[C@@H]2[C@@H](C1)[C@@H]1CC[C@](O)(C(=O)COC(=O)CCCCCCC(=O)N(C)S(=O)(=O)O)[C@@]1(C)C[C@@H]2O. The van der Waals surface area contributed by atoms with Crippen molar-refractivity contribution in [1.82, 2.24) is 4.31 Å². The molecule has 0 radical (unpaired) electrons. The normalized spacial score (nSPS) is 35.2. The van der Waals surface area contributed by atoms with Crippen LogP contribution in [0.25, 0.3) is 0 Å². The van der Waals surface area contributed by atoms with Crippen LogP contribution >= 0.6 is 0 Å². The summed E-state index contributed by atoms with van der Waals surface area (Å²) in [6.45, 7) is 5.46. The van der Waals surface area contributed by atoms with Gasteiger partial charge < -0.3 is 14.9 Å². The quantitative estimate of drug-likeness (QED) is 0.134. The molecule has 0 aromatic heterocycles. The molecule has 7 atom stereocenters. The molecule has 0 unspecified atom stereocenters. The molecule has 240 valence electrons. The molecule has 0 saturated heterocycles. The van der Waals surface area contributed by atoms with Crippen molar-refractivity contribution in [2.45, 2.75) is 103 Å². The van der Waals surface area contributed by atoms with Crippen LogP contribution in [-0.2, 0) is 34.2 Å². The summed E-state index contributed by atoms with van der Waals surface area (Å²) < 4.78 is 36.4. The highest BCUT2D eigenvalue weighted by Gasteiger charge is 2.68. The first-order valence-corrected chi connectivity index (χ1v) is 16.6. The maximum absolute atomic E-state index is 13.4. The summed E-state index contributed by atoms with van der Waals surface area (Å²) in [5, 5.41) is 23.4. The molecule has 12 heteroatoms. The van der Waals surface area contributed by atoms with E-state index in [9.17, 15) is 37.8 Å². The molecule has 11 nitrogen and oxygen atoms in total. The van der Waals surface area contributed by atoms with Crippen LogP contribution in [-0.4, -0.2) is 76.3 Å². The highest BCUT2D eigenvalue weighted by atomic mass is 32.2.